The van der Waals surface area contributed by atoms with E-state index in [-0.39, 0.29) is 11.2 Å². The molecule has 1 aliphatic carbocycles. The Morgan fingerprint density at radius 1 is 1.57 bits per heavy atom. The van der Waals surface area contributed by atoms with Crippen LogP contribution in [-0.4, -0.2) is 26.2 Å². The van der Waals surface area contributed by atoms with E-state index < -0.39 is 5.54 Å². The van der Waals surface area contributed by atoms with Crippen LogP contribution in [0.15, 0.2) is 17.6 Å². The molecule has 0 unspecified atom stereocenters. The molecule has 5 nitrogen and oxygen atoms in total. The minimum absolute atomic E-state index is 0.0749. The third-order valence-electron chi connectivity index (χ3n) is 3.95. The number of nitriles is 1. The molecule has 0 aliphatic heterocycles. The zero-order valence-electron chi connectivity index (χ0n) is 12.6. The summed E-state index contributed by atoms with van der Waals surface area (Å²) in [4.78, 5) is 16.7. The van der Waals surface area contributed by atoms with Gasteiger partial charge in [-0.25, -0.2) is 4.98 Å². The van der Waals surface area contributed by atoms with Crippen LogP contribution in [0.1, 0.15) is 46.0 Å². The Balaban J connectivity index is 1.97. The largest absolute Gasteiger partial charge is 0.337 e. The van der Waals surface area contributed by atoms with Gasteiger partial charge in [-0.2, -0.15) is 5.26 Å². The molecule has 1 aliphatic rings. The summed E-state index contributed by atoms with van der Waals surface area (Å²) in [6.07, 6.45) is 8.34. The summed E-state index contributed by atoms with van der Waals surface area (Å²) < 4.78 is 2.01. The van der Waals surface area contributed by atoms with Gasteiger partial charge in [0.05, 0.1) is 11.3 Å². The van der Waals surface area contributed by atoms with Gasteiger partial charge in [0.2, 0.25) is 5.91 Å². The van der Waals surface area contributed by atoms with E-state index in [0.717, 1.165) is 43.8 Å². The Labute approximate surface area is 130 Å². The van der Waals surface area contributed by atoms with Crippen molar-refractivity contribution in [3.05, 3.63) is 12.4 Å². The normalized spacial score (nSPS) is 18.7. The van der Waals surface area contributed by atoms with E-state index in [2.05, 4.69) is 16.4 Å². The zero-order valence-corrected chi connectivity index (χ0v) is 13.4. The first kappa shape index (κ1) is 15.9. The van der Waals surface area contributed by atoms with Crippen molar-refractivity contribution in [2.45, 2.75) is 68.4 Å². The molecule has 114 valence electrons. The molecule has 6 heteroatoms. The molecule has 1 atom stereocenters. The molecule has 1 heterocycles. The lowest BCUT2D eigenvalue weighted by Crippen LogP contribution is -2.50. The van der Waals surface area contributed by atoms with Crippen LogP contribution in [0.2, 0.25) is 0 Å². The lowest BCUT2D eigenvalue weighted by molar-refractivity contribution is -0.121. The predicted octanol–water partition coefficient (Wildman–Crippen LogP) is 2.73. The van der Waals surface area contributed by atoms with Gasteiger partial charge in [-0.3, -0.25) is 4.79 Å². The highest BCUT2D eigenvalue weighted by atomic mass is 32.2. The second kappa shape index (κ2) is 6.99. The predicted molar refractivity (Wildman–Crippen MR) is 82.8 cm³/mol. The van der Waals surface area contributed by atoms with Crippen molar-refractivity contribution >= 4 is 17.7 Å². The van der Waals surface area contributed by atoms with Crippen LogP contribution in [0, 0.1) is 11.3 Å². The number of nitrogens with one attached hydrogen (secondary N) is 1. The maximum Gasteiger partial charge on any atom is 0.234 e. The number of amides is 1. The number of aryl methyl sites for hydroxylation is 1. The van der Waals surface area contributed by atoms with E-state index in [9.17, 15) is 10.1 Å². The molecular weight excluding hydrogens is 284 g/mol. The van der Waals surface area contributed by atoms with Crippen LogP contribution in [0.4, 0.5) is 0 Å². The van der Waals surface area contributed by atoms with E-state index in [0.29, 0.717) is 0 Å². The van der Waals surface area contributed by atoms with E-state index in [1.165, 1.54) is 11.8 Å². The molecule has 21 heavy (non-hydrogen) atoms. The molecule has 0 aromatic carbocycles. The Morgan fingerprint density at radius 2 is 2.29 bits per heavy atom. The van der Waals surface area contributed by atoms with Crippen molar-refractivity contribution in [2.24, 2.45) is 0 Å². The number of rotatable bonds is 5. The molecule has 0 spiro atoms. The second-order valence-electron chi connectivity index (χ2n) is 5.50. The number of nitrogens with zero attached hydrogens (tertiary/aromatic N) is 3. The van der Waals surface area contributed by atoms with Crippen LogP contribution in [0.25, 0.3) is 0 Å². The summed E-state index contributed by atoms with van der Waals surface area (Å²) in [6, 6.07) is 2.32. The molecule has 2 rings (SSSR count). The molecule has 1 aromatic heterocycles. The summed E-state index contributed by atoms with van der Waals surface area (Å²) in [5, 5.41) is 13.0. The summed E-state index contributed by atoms with van der Waals surface area (Å²) in [5.41, 5.74) is -0.662. The lowest BCUT2D eigenvalue weighted by Gasteiger charge is -2.32. The molecule has 1 amide bonds. The van der Waals surface area contributed by atoms with E-state index in [1.807, 2.05) is 24.6 Å². The molecular formula is C15H22N4OS. The highest BCUT2D eigenvalue weighted by molar-refractivity contribution is 8.00. The van der Waals surface area contributed by atoms with Crippen molar-refractivity contribution in [2.75, 3.05) is 0 Å². The van der Waals surface area contributed by atoms with Gasteiger partial charge in [0, 0.05) is 18.9 Å². The quantitative estimate of drug-likeness (QED) is 0.849. The smallest absolute Gasteiger partial charge is 0.234 e. The topological polar surface area (TPSA) is 70.7 Å². The number of aromatic nitrogens is 2. The van der Waals surface area contributed by atoms with Crippen molar-refractivity contribution in [3.63, 3.8) is 0 Å². The highest BCUT2D eigenvalue weighted by Gasteiger charge is 2.35. The van der Waals surface area contributed by atoms with Crippen LogP contribution in [0.5, 0.6) is 0 Å². The van der Waals surface area contributed by atoms with Gasteiger partial charge in [0.15, 0.2) is 5.16 Å². The Bertz CT molecular complexity index is 528. The van der Waals surface area contributed by atoms with Crippen LogP contribution in [-0.2, 0) is 11.3 Å². The van der Waals surface area contributed by atoms with Gasteiger partial charge >= 0.3 is 0 Å². The number of thioether (sulfide) groups is 1. The zero-order chi connectivity index (χ0) is 15.3. The Kier molecular flexibility index (Phi) is 5.29. The summed E-state index contributed by atoms with van der Waals surface area (Å²) in [7, 11) is 0. The molecule has 1 aromatic rings. The number of imidazole rings is 1. The molecule has 1 saturated carbocycles. The van der Waals surface area contributed by atoms with Gasteiger partial charge in [0.25, 0.3) is 0 Å². The van der Waals surface area contributed by atoms with Crippen LogP contribution < -0.4 is 5.32 Å². The minimum Gasteiger partial charge on any atom is -0.337 e. The van der Waals surface area contributed by atoms with Crippen molar-refractivity contribution in [1.82, 2.24) is 14.9 Å². The summed E-state index contributed by atoms with van der Waals surface area (Å²) in [6.45, 7) is 4.74. The SMILES string of the molecule is CCn1ccnc1S[C@H](C)C(=O)NC1(C#N)CCCCC1. The molecule has 0 bridgehead atoms. The van der Waals surface area contributed by atoms with Crippen LogP contribution in [0.3, 0.4) is 0 Å². The number of carbonyl (C=O) groups excluding carboxylic acids is 1. The van der Waals surface area contributed by atoms with Gasteiger partial charge in [-0.1, -0.05) is 31.0 Å². The van der Waals surface area contributed by atoms with Gasteiger partial charge in [0.1, 0.15) is 5.54 Å². The first-order valence-corrected chi connectivity index (χ1v) is 8.39. The van der Waals surface area contributed by atoms with E-state index >= 15 is 0 Å². The first-order chi connectivity index (χ1) is 10.1. The molecule has 0 saturated heterocycles. The van der Waals surface area contributed by atoms with E-state index in [1.54, 1.807) is 6.20 Å². The lowest BCUT2D eigenvalue weighted by atomic mass is 9.83. The van der Waals surface area contributed by atoms with Gasteiger partial charge in [-0.15, -0.1) is 0 Å². The molecule has 1 N–H and O–H groups in total. The molecule has 0 radical (unpaired) electrons. The van der Waals surface area contributed by atoms with Crippen molar-refractivity contribution < 1.29 is 4.79 Å². The monoisotopic (exact) mass is 306 g/mol. The fourth-order valence-corrected chi connectivity index (χ4v) is 3.55. The number of carbonyl (C=O) groups is 1. The Hall–Kier alpha value is -1.48. The van der Waals surface area contributed by atoms with Crippen molar-refractivity contribution in [1.29, 1.82) is 5.26 Å². The summed E-state index contributed by atoms with van der Waals surface area (Å²) >= 11 is 1.44. The fourth-order valence-electron chi connectivity index (χ4n) is 2.62. The maximum absolute atomic E-state index is 12.4. The third kappa shape index (κ3) is 3.79. The van der Waals surface area contributed by atoms with E-state index in [4.69, 9.17) is 0 Å². The average Bonchev–Trinajstić information content (AvgIpc) is 2.95. The number of hydrogen-bond acceptors (Lipinski definition) is 4. The molecule has 1 fully saturated rings. The summed E-state index contributed by atoms with van der Waals surface area (Å²) in [5.74, 6) is -0.0749. The van der Waals surface area contributed by atoms with Gasteiger partial charge in [-0.05, 0) is 26.7 Å². The first-order valence-electron chi connectivity index (χ1n) is 7.51. The third-order valence-corrected chi connectivity index (χ3v) is 5.07. The fraction of sp³-hybridized carbons (Fsp3) is 0.667. The minimum atomic E-state index is -0.662. The second-order valence-corrected chi connectivity index (χ2v) is 6.81. The standard InChI is InChI=1S/C15H22N4OS/c1-3-19-10-9-17-14(19)21-12(2)13(20)18-15(11-16)7-5-4-6-8-15/h9-10,12H,3-8H2,1-2H3,(H,18,20)/t12-/m1/s1. The maximum atomic E-state index is 12.4. The average molecular weight is 306 g/mol. The highest BCUT2D eigenvalue weighted by Crippen LogP contribution is 2.29. The van der Waals surface area contributed by atoms with Crippen LogP contribution >= 0.6 is 11.8 Å². The number of hydrogen-bond donors (Lipinski definition) is 1. The van der Waals surface area contributed by atoms with Crippen molar-refractivity contribution in [3.8, 4) is 6.07 Å². The Morgan fingerprint density at radius 3 is 2.90 bits per heavy atom. The van der Waals surface area contributed by atoms with Gasteiger partial charge < -0.3 is 9.88 Å².